The molecule has 4 heteroatoms. The molecule has 102 valence electrons. The highest BCUT2D eigenvalue weighted by Gasteiger charge is 2.11. The van der Waals surface area contributed by atoms with Gasteiger partial charge < -0.3 is 9.73 Å². The molecular formula is C15H18ClNOS. The van der Waals surface area contributed by atoms with E-state index in [4.69, 9.17) is 16.0 Å². The smallest absolute Gasteiger partial charge is 0.114 e. The lowest BCUT2D eigenvalue weighted by molar-refractivity contribution is 0.527. The van der Waals surface area contributed by atoms with E-state index in [0.717, 1.165) is 27.8 Å². The molecule has 1 heterocycles. The van der Waals surface area contributed by atoms with Crippen LogP contribution >= 0.6 is 23.4 Å². The first-order valence-corrected chi connectivity index (χ1v) is 7.50. The van der Waals surface area contributed by atoms with Gasteiger partial charge in [-0.25, -0.2) is 0 Å². The predicted octanol–water partition coefficient (Wildman–Crippen LogP) is 4.89. The highest BCUT2D eigenvalue weighted by atomic mass is 35.5. The Morgan fingerprint density at radius 3 is 2.68 bits per heavy atom. The molecule has 0 bridgehead atoms. The molecule has 0 atom stereocenters. The zero-order chi connectivity index (χ0) is 13.8. The summed E-state index contributed by atoms with van der Waals surface area (Å²) in [6.07, 6.45) is 1.72. The maximum absolute atomic E-state index is 6.32. The summed E-state index contributed by atoms with van der Waals surface area (Å²) >= 11 is 8.01. The molecule has 1 aromatic carbocycles. The van der Waals surface area contributed by atoms with E-state index in [2.05, 4.69) is 25.2 Å². The van der Waals surface area contributed by atoms with Crippen LogP contribution in [0, 0.1) is 6.92 Å². The van der Waals surface area contributed by atoms with Crippen LogP contribution in [0.5, 0.6) is 0 Å². The second-order valence-electron chi connectivity index (χ2n) is 4.70. The van der Waals surface area contributed by atoms with Crippen molar-refractivity contribution >= 4 is 23.4 Å². The molecule has 0 spiro atoms. The van der Waals surface area contributed by atoms with Crippen molar-refractivity contribution in [3.8, 4) is 0 Å². The van der Waals surface area contributed by atoms with Gasteiger partial charge in [0.25, 0.3) is 0 Å². The Morgan fingerprint density at radius 2 is 2.05 bits per heavy atom. The molecule has 0 unspecified atom stereocenters. The van der Waals surface area contributed by atoms with Crippen LogP contribution in [0.3, 0.4) is 0 Å². The van der Waals surface area contributed by atoms with E-state index in [0.29, 0.717) is 6.04 Å². The fourth-order valence-electron chi connectivity index (χ4n) is 1.71. The summed E-state index contributed by atoms with van der Waals surface area (Å²) in [5.41, 5.74) is 1.14. The first kappa shape index (κ1) is 14.5. The lowest BCUT2D eigenvalue weighted by Gasteiger charge is -2.13. The first-order valence-electron chi connectivity index (χ1n) is 6.30. The van der Waals surface area contributed by atoms with Gasteiger partial charge in [-0.3, -0.25) is 0 Å². The molecular weight excluding hydrogens is 278 g/mol. The summed E-state index contributed by atoms with van der Waals surface area (Å²) in [5.74, 6) is 0.938. The van der Waals surface area contributed by atoms with Gasteiger partial charge in [-0.05, 0) is 30.7 Å². The van der Waals surface area contributed by atoms with Crippen LogP contribution < -0.4 is 5.32 Å². The third-order valence-electron chi connectivity index (χ3n) is 2.79. The quantitative estimate of drug-likeness (QED) is 0.850. The number of aryl methyl sites for hydroxylation is 1. The van der Waals surface area contributed by atoms with Gasteiger partial charge in [-0.15, -0.1) is 0 Å². The zero-order valence-electron chi connectivity index (χ0n) is 11.4. The van der Waals surface area contributed by atoms with Gasteiger partial charge in [0.2, 0.25) is 0 Å². The molecule has 2 aromatic rings. The van der Waals surface area contributed by atoms with Crippen molar-refractivity contribution < 1.29 is 4.42 Å². The van der Waals surface area contributed by atoms with Crippen molar-refractivity contribution in [2.45, 2.75) is 43.1 Å². The van der Waals surface area contributed by atoms with E-state index < -0.39 is 0 Å². The van der Waals surface area contributed by atoms with Crippen LogP contribution in [0.1, 0.15) is 25.2 Å². The Balaban J connectivity index is 2.24. The highest BCUT2D eigenvalue weighted by molar-refractivity contribution is 7.99. The minimum atomic E-state index is 0.435. The summed E-state index contributed by atoms with van der Waals surface area (Å²) in [6, 6.07) is 8.44. The average molecular weight is 296 g/mol. The molecule has 0 fully saturated rings. The predicted molar refractivity (Wildman–Crippen MR) is 81.0 cm³/mol. The van der Waals surface area contributed by atoms with Crippen molar-refractivity contribution in [3.63, 3.8) is 0 Å². The molecule has 0 amide bonds. The van der Waals surface area contributed by atoms with Gasteiger partial charge in [0, 0.05) is 22.5 Å². The minimum absolute atomic E-state index is 0.435. The van der Waals surface area contributed by atoms with Crippen LogP contribution in [0.25, 0.3) is 0 Å². The van der Waals surface area contributed by atoms with Gasteiger partial charge in [-0.1, -0.05) is 43.3 Å². The molecule has 0 saturated heterocycles. The maximum Gasteiger partial charge on any atom is 0.114 e. The highest BCUT2D eigenvalue weighted by Crippen LogP contribution is 2.35. The molecule has 1 aromatic heterocycles. The van der Waals surface area contributed by atoms with E-state index in [1.807, 2.05) is 25.1 Å². The Morgan fingerprint density at radius 1 is 1.26 bits per heavy atom. The summed E-state index contributed by atoms with van der Waals surface area (Å²) < 4.78 is 5.34. The zero-order valence-corrected chi connectivity index (χ0v) is 12.9. The fourth-order valence-corrected chi connectivity index (χ4v) is 3.01. The molecule has 0 aliphatic heterocycles. The molecule has 1 N–H and O–H groups in total. The summed E-state index contributed by atoms with van der Waals surface area (Å²) in [5, 5.41) is 4.22. The standard InChI is InChI=1S/C15H18ClNOS/c1-10(2)17-9-12-13(16)5-4-6-15(12)19-14-7-8-18-11(14)3/h4-8,10,17H,9H2,1-3H3. The van der Waals surface area contributed by atoms with Gasteiger partial charge in [0.15, 0.2) is 0 Å². The van der Waals surface area contributed by atoms with Crippen molar-refractivity contribution in [2.75, 3.05) is 0 Å². The van der Waals surface area contributed by atoms with Crippen LogP contribution in [-0.2, 0) is 6.54 Å². The average Bonchev–Trinajstić information content (AvgIpc) is 2.74. The molecule has 19 heavy (non-hydrogen) atoms. The topological polar surface area (TPSA) is 25.2 Å². The molecule has 0 aliphatic carbocycles. The molecule has 0 radical (unpaired) electrons. The van der Waals surface area contributed by atoms with Crippen molar-refractivity contribution in [2.24, 2.45) is 0 Å². The Labute approximate surface area is 123 Å². The van der Waals surface area contributed by atoms with Gasteiger partial charge in [0.1, 0.15) is 5.76 Å². The Bertz CT molecular complexity index is 551. The SMILES string of the molecule is Cc1occc1Sc1cccc(Cl)c1CNC(C)C. The number of hydrogen-bond donors (Lipinski definition) is 1. The Kier molecular flexibility index (Phi) is 4.97. The van der Waals surface area contributed by atoms with Crippen LogP contribution in [-0.4, -0.2) is 6.04 Å². The normalized spacial score (nSPS) is 11.2. The second-order valence-corrected chi connectivity index (χ2v) is 6.19. The van der Waals surface area contributed by atoms with Gasteiger partial charge >= 0.3 is 0 Å². The lowest BCUT2D eigenvalue weighted by Crippen LogP contribution is -2.22. The molecule has 0 saturated carbocycles. The van der Waals surface area contributed by atoms with Crippen LogP contribution in [0.15, 0.2) is 44.7 Å². The van der Waals surface area contributed by atoms with E-state index in [1.54, 1.807) is 18.0 Å². The maximum atomic E-state index is 6.32. The van der Waals surface area contributed by atoms with Crippen molar-refractivity contribution in [3.05, 3.63) is 46.9 Å². The number of hydrogen-bond acceptors (Lipinski definition) is 3. The number of rotatable bonds is 5. The summed E-state index contributed by atoms with van der Waals surface area (Å²) in [6.45, 7) is 7.00. The number of furan rings is 1. The molecule has 0 aliphatic rings. The van der Waals surface area contributed by atoms with Gasteiger partial charge in [-0.2, -0.15) is 0 Å². The first-order chi connectivity index (χ1) is 9.08. The number of halogens is 1. The summed E-state index contributed by atoms with van der Waals surface area (Å²) in [4.78, 5) is 2.30. The van der Waals surface area contributed by atoms with E-state index in [1.165, 1.54) is 4.90 Å². The molecule has 2 rings (SSSR count). The number of benzene rings is 1. The molecule has 2 nitrogen and oxygen atoms in total. The lowest BCUT2D eigenvalue weighted by atomic mass is 10.2. The minimum Gasteiger partial charge on any atom is -0.468 e. The van der Waals surface area contributed by atoms with Gasteiger partial charge in [0.05, 0.1) is 11.2 Å². The fraction of sp³-hybridized carbons (Fsp3) is 0.333. The van der Waals surface area contributed by atoms with E-state index >= 15 is 0 Å². The third kappa shape index (κ3) is 3.78. The van der Waals surface area contributed by atoms with E-state index in [-0.39, 0.29) is 0 Å². The van der Waals surface area contributed by atoms with Crippen molar-refractivity contribution in [1.29, 1.82) is 0 Å². The monoisotopic (exact) mass is 295 g/mol. The van der Waals surface area contributed by atoms with E-state index in [9.17, 15) is 0 Å². The largest absolute Gasteiger partial charge is 0.468 e. The second kappa shape index (κ2) is 6.51. The van der Waals surface area contributed by atoms with Crippen LogP contribution in [0.4, 0.5) is 0 Å². The summed E-state index contributed by atoms with van der Waals surface area (Å²) in [7, 11) is 0. The Hall–Kier alpha value is -0.900. The van der Waals surface area contributed by atoms with Crippen molar-refractivity contribution in [1.82, 2.24) is 5.32 Å². The van der Waals surface area contributed by atoms with Crippen LogP contribution in [0.2, 0.25) is 5.02 Å². The third-order valence-corrected chi connectivity index (χ3v) is 4.39. The number of nitrogens with one attached hydrogen (secondary N) is 1.